The maximum Gasteiger partial charge on any atom is 0.267 e. The average Bonchev–Trinajstić information content (AvgIpc) is 3.12. The van der Waals surface area contributed by atoms with Crippen molar-refractivity contribution in [2.45, 2.75) is 33.2 Å². The number of carbonyl (C=O) groups excluding carboxylic acids is 1. The molecule has 0 atom stereocenters. The van der Waals surface area contributed by atoms with Crippen LogP contribution >= 0.6 is 0 Å². The van der Waals surface area contributed by atoms with Crippen LogP contribution in [0.25, 0.3) is 11.3 Å². The highest BCUT2D eigenvalue weighted by Crippen LogP contribution is 2.38. The van der Waals surface area contributed by atoms with Crippen LogP contribution in [0, 0.1) is 0 Å². The summed E-state index contributed by atoms with van der Waals surface area (Å²) in [6.07, 6.45) is 0. The average molecular weight is 408 g/mol. The van der Waals surface area contributed by atoms with E-state index in [4.69, 9.17) is 4.74 Å². The van der Waals surface area contributed by atoms with Crippen molar-refractivity contribution < 1.29 is 19.7 Å². The third kappa shape index (κ3) is 4.27. The lowest BCUT2D eigenvalue weighted by Gasteiger charge is -2.17. The molecule has 0 saturated heterocycles. The first-order valence-corrected chi connectivity index (χ1v) is 10.0. The number of aromatic hydroxyl groups is 2. The van der Waals surface area contributed by atoms with Crippen LogP contribution in [0.2, 0.25) is 0 Å². The highest BCUT2D eigenvalue weighted by molar-refractivity contribution is 5.94. The Labute approximate surface area is 176 Å². The predicted octanol–water partition coefficient (Wildman–Crippen LogP) is 4.50. The topological polar surface area (TPSA) is 83.7 Å². The summed E-state index contributed by atoms with van der Waals surface area (Å²) >= 11 is 0. The van der Waals surface area contributed by atoms with Crippen LogP contribution < -0.4 is 10.1 Å². The number of nitrogens with one attached hydrogen (secondary N) is 1. The normalized spacial score (nSPS) is 11.0. The van der Waals surface area contributed by atoms with Crippen molar-refractivity contribution in [3.8, 4) is 28.5 Å². The second-order valence-corrected chi connectivity index (χ2v) is 7.48. The number of aromatic nitrogens is 1. The van der Waals surface area contributed by atoms with E-state index in [1.165, 1.54) is 6.07 Å². The summed E-state index contributed by atoms with van der Waals surface area (Å²) in [5, 5.41) is 23.6. The quantitative estimate of drug-likeness (QED) is 0.538. The highest BCUT2D eigenvalue weighted by Gasteiger charge is 2.20. The number of phenolic OH excluding ortho intramolecular Hbond substituents is 2. The molecule has 158 valence electrons. The number of ether oxygens (including phenoxy) is 1. The molecular weight excluding hydrogens is 380 g/mol. The molecule has 1 heterocycles. The van der Waals surface area contributed by atoms with Crippen LogP contribution in [0.1, 0.15) is 48.3 Å². The van der Waals surface area contributed by atoms with Gasteiger partial charge in [-0.1, -0.05) is 26.0 Å². The number of hydrogen-bond donors (Lipinski definition) is 3. The fourth-order valence-electron chi connectivity index (χ4n) is 3.50. The third-order valence-electron chi connectivity index (χ3n) is 5.09. The first-order valence-electron chi connectivity index (χ1n) is 10.0. The van der Waals surface area contributed by atoms with Gasteiger partial charge in [-0.05, 0) is 54.3 Å². The number of nitrogens with zero attached hydrogens (tertiary/aromatic N) is 1. The van der Waals surface area contributed by atoms with E-state index < -0.39 is 0 Å². The first kappa shape index (κ1) is 21.3. The van der Waals surface area contributed by atoms with Gasteiger partial charge in [0, 0.05) is 24.7 Å². The molecule has 0 aliphatic heterocycles. The van der Waals surface area contributed by atoms with E-state index in [1.54, 1.807) is 19.2 Å². The van der Waals surface area contributed by atoms with Gasteiger partial charge < -0.3 is 24.8 Å². The highest BCUT2D eigenvalue weighted by atomic mass is 16.5. The Morgan fingerprint density at radius 3 is 2.37 bits per heavy atom. The minimum absolute atomic E-state index is 0.0339. The minimum atomic E-state index is -0.181. The van der Waals surface area contributed by atoms with Gasteiger partial charge in [0.15, 0.2) is 0 Å². The zero-order valence-corrected chi connectivity index (χ0v) is 17.8. The van der Waals surface area contributed by atoms with Gasteiger partial charge in [0.2, 0.25) is 0 Å². The van der Waals surface area contributed by atoms with Crippen molar-refractivity contribution in [1.82, 2.24) is 9.88 Å². The van der Waals surface area contributed by atoms with Gasteiger partial charge in [0.1, 0.15) is 22.9 Å². The standard InChI is InChI=1S/C24H28N2O4/c1-5-25-24(29)21-11-10-20(19-12-18(15(2)3)22(27)13-23(19)28)26(21)14-16-6-8-17(30-4)9-7-16/h6-13,15,27-28H,5,14H2,1-4H3,(H,25,29). The molecular formula is C24H28N2O4. The molecule has 6 nitrogen and oxygen atoms in total. The van der Waals surface area contributed by atoms with Crippen molar-refractivity contribution in [1.29, 1.82) is 0 Å². The number of hydrogen-bond acceptors (Lipinski definition) is 4. The fraction of sp³-hybridized carbons (Fsp3) is 0.292. The predicted molar refractivity (Wildman–Crippen MR) is 117 cm³/mol. The molecule has 0 spiro atoms. The number of methoxy groups -OCH3 is 1. The van der Waals surface area contributed by atoms with Crippen LogP contribution in [-0.2, 0) is 6.54 Å². The van der Waals surface area contributed by atoms with Gasteiger partial charge in [-0.15, -0.1) is 0 Å². The number of amides is 1. The van der Waals surface area contributed by atoms with Gasteiger partial charge in [-0.25, -0.2) is 0 Å². The van der Waals surface area contributed by atoms with Gasteiger partial charge in [0.05, 0.1) is 12.8 Å². The molecule has 3 rings (SSSR count). The lowest BCUT2D eigenvalue weighted by molar-refractivity contribution is 0.0947. The zero-order chi connectivity index (χ0) is 21.8. The Morgan fingerprint density at radius 2 is 1.77 bits per heavy atom. The largest absolute Gasteiger partial charge is 0.508 e. The van der Waals surface area contributed by atoms with E-state index in [0.717, 1.165) is 16.9 Å². The summed E-state index contributed by atoms with van der Waals surface area (Å²) in [5.74, 6) is 0.682. The van der Waals surface area contributed by atoms with Gasteiger partial charge in [-0.3, -0.25) is 4.79 Å². The van der Waals surface area contributed by atoms with E-state index in [-0.39, 0.29) is 23.3 Å². The van der Waals surface area contributed by atoms with E-state index >= 15 is 0 Å². The Kier molecular flexibility index (Phi) is 6.35. The Hall–Kier alpha value is -3.41. The van der Waals surface area contributed by atoms with E-state index in [9.17, 15) is 15.0 Å². The molecule has 1 amide bonds. The first-order chi connectivity index (χ1) is 14.3. The fourth-order valence-corrected chi connectivity index (χ4v) is 3.50. The number of benzene rings is 2. The Morgan fingerprint density at radius 1 is 1.07 bits per heavy atom. The molecule has 6 heteroatoms. The van der Waals surface area contributed by atoms with Crippen molar-refractivity contribution in [2.24, 2.45) is 0 Å². The number of carbonyl (C=O) groups is 1. The second-order valence-electron chi connectivity index (χ2n) is 7.48. The molecule has 0 aliphatic rings. The molecule has 0 aliphatic carbocycles. The van der Waals surface area contributed by atoms with Crippen LogP contribution in [-0.4, -0.2) is 34.3 Å². The van der Waals surface area contributed by atoms with E-state index in [1.807, 2.05) is 55.7 Å². The summed E-state index contributed by atoms with van der Waals surface area (Å²) in [7, 11) is 1.62. The molecule has 0 fully saturated rings. The summed E-state index contributed by atoms with van der Waals surface area (Å²) in [6.45, 7) is 6.79. The second kappa shape index (κ2) is 8.95. The Balaban J connectivity index is 2.13. The molecule has 30 heavy (non-hydrogen) atoms. The third-order valence-corrected chi connectivity index (χ3v) is 5.09. The smallest absolute Gasteiger partial charge is 0.267 e. The summed E-state index contributed by atoms with van der Waals surface area (Å²) in [4.78, 5) is 12.7. The molecule has 2 aromatic carbocycles. The van der Waals surface area contributed by atoms with Crippen molar-refractivity contribution in [2.75, 3.05) is 13.7 Å². The Bertz CT molecular complexity index is 1040. The van der Waals surface area contributed by atoms with Crippen molar-refractivity contribution >= 4 is 5.91 Å². The van der Waals surface area contributed by atoms with Crippen LogP contribution in [0.15, 0.2) is 48.5 Å². The minimum Gasteiger partial charge on any atom is -0.508 e. The van der Waals surface area contributed by atoms with E-state index in [2.05, 4.69) is 5.32 Å². The number of rotatable bonds is 7. The van der Waals surface area contributed by atoms with Crippen LogP contribution in [0.4, 0.5) is 0 Å². The summed E-state index contributed by atoms with van der Waals surface area (Å²) in [6, 6.07) is 14.4. The molecule has 1 aromatic heterocycles. The van der Waals surface area contributed by atoms with E-state index in [0.29, 0.717) is 30.0 Å². The van der Waals surface area contributed by atoms with Crippen molar-refractivity contribution in [3.05, 3.63) is 65.4 Å². The maximum atomic E-state index is 12.7. The molecule has 3 N–H and O–H groups in total. The molecule has 0 saturated carbocycles. The summed E-state index contributed by atoms with van der Waals surface area (Å²) < 4.78 is 7.10. The molecule has 3 aromatic rings. The van der Waals surface area contributed by atoms with Crippen molar-refractivity contribution in [3.63, 3.8) is 0 Å². The van der Waals surface area contributed by atoms with Gasteiger partial charge >= 0.3 is 0 Å². The maximum absolute atomic E-state index is 12.7. The van der Waals surface area contributed by atoms with Gasteiger partial charge in [0.25, 0.3) is 5.91 Å². The molecule has 0 bridgehead atoms. The van der Waals surface area contributed by atoms with Crippen LogP contribution in [0.3, 0.4) is 0 Å². The molecule has 0 radical (unpaired) electrons. The summed E-state index contributed by atoms with van der Waals surface area (Å²) in [5.41, 5.74) is 3.49. The molecule has 0 unspecified atom stereocenters. The van der Waals surface area contributed by atoms with Crippen LogP contribution in [0.5, 0.6) is 17.2 Å². The monoisotopic (exact) mass is 408 g/mol. The zero-order valence-electron chi connectivity index (χ0n) is 17.8. The number of phenols is 2. The lowest BCUT2D eigenvalue weighted by atomic mass is 9.97. The van der Waals surface area contributed by atoms with Gasteiger partial charge in [-0.2, -0.15) is 0 Å². The lowest BCUT2D eigenvalue weighted by Crippen LogP contribution is -2.25. The SMILES string of the molecule is CCNC(=O)c1ccc(-c2cc(C(C)C)c(O)cc2O)n1Cc1ccc(OC)cc1.